The fourth-order valence-corrected chi connectivity index (χ4v) is 2.54. The van der Waals surface area contributed by atoms with Crippen molar-refractivity contribution in [3.8, 4) is 11.5 Å². The molecule has 0 aliphatic carbocycles. The first-order valence-corrected chi connectivity index (χ1v) is 7.05. The Balaban J connectivity index is 2.04. The Bertz CT molecular complexity index is 806. The molecular weight excluding hydrogens is 278 g/mol. The summed E-state index contributed by atoms with van der Waals surface area (Å²) in [5, 5.41) is 0.796. The van der Waals surface area contributed by atoms with Gasteiger partial charge in [-0.1, -0.05) is 30.3 Å². The Morgan fingerprint density at radius 1 is 1.18 bits per heavy atom. The van der Waals surface area contributed by atoms with E-state index in [0.29, 0.717) is 23.7 Å². The molecule has 0 fully saturated rings. The lowest BCUT2D eigenvalue weighted by atomic mass is 10.1. The van der Waals surface area contributed by atoms with Crippen molar-refractivity contribution in [2.24, 2.45) is 0 Å². The molecule has 0 saturated carbocycles. The van der Waals surface area contributed by atoms with Crippen LogP contribution in [-0.2, 0) is 6.61 Å². The number of H-pyrrole nitrogens is 1. The highest BCUT2D eigenvalue weighted by atomic mass is 16.5. The Labute approximate surface area is 128 Å². The molecule has 0 spiro atoms. The molecule has 0 amide bonds. The van der Waals surface area contributed by atoms with Crippen molar-refractivity contribution in [1.82, 2.24) is 4.98 Å². The van der Waals surface area contributed by atoms with Crippen LogP contribution in [0.2, 0.25) is 0 Å². The van der Waals surface area contributed by atoms with Crippen molar-refractivity contribution in [1.29, 1.82) is 0 Å². The fourth-order valence-electron chi connectivity index (χ4n) is 2.54. The van der Waals surface area contributed by atoms with Crippen molar-refractivity contribution in [2.75, 3.05) is 7.11 Å². The lowest BCUT2D eigenvalue weighted by Gasteiger charge is -2.10. The van der Waals surface area contributed by atoms with Gasteiger partial charge in [-0.15, -0.1) is 0 Å². The first kappa shape index (κ1) is 14.2. The van der Waals surface area contributed by atoms with Crippen LogP contribution < -0.4 is 9.47 Å². The number of benzene rings is 2. The third-order valence-corrected chi connectivity index (χ3v) is 3.66. The monoisotopic (exact) mass is 295 g/mol. The predicted octanol–water partition coefficient (Wildman–Crippen LogP) is 3.88. The van der Waals surface area contributed by atoms with Crippen LogP contribution in [0.1, 0.15) is 21.6 Å². The van der Waals surface area contributed by atoms with Gasteiger partial charge < -0.3 is 14.5 Å². The van der Waals surface area contributed by atoms with Gasteiger partial charge in [-0.2, -0.15) is 0 Å². The second-order valence-electron chi connectivity index (χ2n) is 5.10. The van der Waals surface area contributed by atoms with E-state index in [1.165, 1.54) is 0 Å². The number of carbonyl (C=O) groups excluding carboxylic acids is 1. The van der Waals surface area contributed by atoms with Crippen LogP contribution in [0.4, 0.5) is 0 Å². The summed E-state index contributed by atoms with van der Waals surface area (Å²) >= 11 is 0. The molecule has 0 unspecified atom stereocenters. The highest BCUT2D eigenvalue weighted by Crippen LogP contribution is 2.35. The average molecular weight is 295 g/mol. The Kier molecular flexibility index (Phi) is 3.83. The van der Waals surface area contributed by atoms with E-state index in [9.17, 15) is 4.79 Å². The van der Waals surface area contributed by atoms with Gasteiger partial charge in [0.05, 0.1) is 18.0 Å². The maximum Gasteiger partial charge on any atom is 0.152 e. The zero-order valence-electron chi connectivity index (χ0n) is 12.6. The molecule has 0 aliphatic heterocycles. The molecule has 0 aliphatic rings. The van der Waals surface area contributed by atoms with Gasteiger partial charge in [-0.05, 0) is 12.5 Å². The number of nitrogens with one attached hydrogen (secondary N) is 1. The number of fused-ring (bicyclic) bond motifs is 1. The van der Waals surface area contributed by atoms with Gasteiger partial charge in [-0.25, -0.2) is 0 Å². The van der Waals surface area contributed by atoms with Gasteiger partial charge in [0.15, 0.2) is 6.29 Å². The summed E-state index contributed by atoms with van der Waals surface area (Å²) in [6.45, 7) is 2.31. The number of aldehydes is 1. The van der Waals surface area contributed by atoms with E-state index in [1.807, 2.05) is 49.4 Å². The summed E-state index contributed by atoms with van der Waals surface area (Å²) in [6.07, 6.45) is 0.857. The SMILES string of the molecule is COc1cc(OCc2ccccc2)c2c(C=O)c(C)[nH]c2c1. The number of aryl methyl sites for hydroxylation is 1. The van der Waals surface area contributed by atoms with E-state index in [1.54, 1.807) is 7.11 Å². The topological polar surface area (TPSA) is 51.3 Å². The Morgan fingerprint density at radius 3 is 2.64 bits per heavy atom. The van der Waals surface area contributed by atoms with Crippen LogP contribution in [-0.4, -0.2) is 18.4 Å². The number of hydrogen-bond acceptors (Lipinski definition) is 3. The molecule has 1 N–H and O–H groups in total. The number of methoxy groups -OCH3 is 1. The van der Waals surface area contributed by atoms with Gasteiger partial charge in [-0.3, -0.25) is 4.79 Å². The summed E-state index contributed by atoms with van der Waals surface area (Å²) in [5.41, 5.74) is 3.35. The summed E-state index contributed by atoms with van der Waals surface area (Å²) < 4.78 is 11.3. The number of carbonyl (C=O) groups is 1. The quantitative estimate of drug-likeness (QED) is 0.727. The minimum atomic E-state index is 0.436. The molecule has 4 heteroatoms. The van der Waals surface area contributed by atoms with Crippen LogP contribution in [0.3, 0.4) is 0 Å². The van der Waals surface area contributed by atoms with Crippen LogP contribution in [0.25, 0.3) is 10.9 Å². The van der Waals surface area contributed by atoms with Crippen molar-refractivity contribution < 1.29 is 14.3 Å². The van der Waals surface area contributed by atoms with E-state index >= 15 is 0 Å². The predicted molar refractivity (Wildman–Crippen MR) is 85.7 cm³/mol. The molecular formula is C18H17NO3. The number of aromatic nitrogens is 1. The molecule has 3 rings (SSSR count). The summed E-state index contributed by atoms with van der Waals surface area (Å²) in [5.74, 6) is 1.33. The van der Waals surface area contributed by atoms with Crippen molar-refractivity contribution in [2.45, 2.75) is 13.5 Å². The average Bonchev–Trinajstić information content (AvgIpc) is 2.88. The second-order valence-corrected chi connectivity index (χ2v) is 5.10. The molecule has 0 saturated heterocycles. The van der Waals surface area contributed by atoms with E-state index < -0.39 is 0 Å². The normalized spacial score (nSPS) is 10.6. The van der Waals surface area contributed by atoms with Crippen LogP contribution >= 0.6 is 0 Å². The van der Waals surface area contributed by atoms with E-state index in [4.69, 9.17) is 9.47 Å². The van der Waals surface area contributed by atoms with Crippen molar-refractivity contribution in [3.63, 3.8) is 0 Å². The number of aromatic amines is 1. The zero-order valence-corrected chi connectivity index (χ0v) is 12.6. The standard InChI is InChI=1S/C18H17NO3/c1-12-15(10-20)18-16(19-12)8-14(21-2)9-17(18)22-11-13-6-4-3-5-7-13/h3-10,19H,11H2,1-2H3. The lowest BCUT2D eigenvalue weighted by molar-refractivity contribution is 0.112. The van der Waals surface area contributed by atoms with Crippen LogP contribution in [0.15, 0.2) is 42.5 Å². The molecule has 3 aromatic rings. The molecule has 22 heavy (non-hydrogen) atoms. The summed E-state index contributed by atoms with van der Waals surface area (Å²) in [6, 6.07) is 13.6. The summed E-state index contributed by atoms with van der Waals surface area (Å²) in [7, 11) is 1.61. The highest BCUT2D eigenvalue weighted by molar-refractivity contribution is 6.03. The third-order valence-electron chi connectivity index (χ3n) is 3.66. The fraction of sp³-hybridized carbons (Fsp3) is 0.167. The van der Waals surface area contributed by atoms with E-state index in [2.05, 4.69) is 4.98 Å². The first-order valence-electron chi connectivity index (χ1n) is 7.05. The first-order chi connectivity index (χ1) is 10.7. The van der Waals surface area contributed by atoms with Gasteiger partial charge >= 0.3 is 0 Å². The van der Waals surface area contributed by atoms with Gasteiger partial charge in [0.2, 0.25) is 0 Å². The highest BCUT2D eigenvalue weighted by Gasteiger charge is 2.15. The number of ether oxygens (including phenoxy) is 2. The van der Waals surface area contributed by atoms with Crippen molar-refractivity contribution >= 4 is 17.2 Å². The maximum atomic E-state index is 11.4. The molecule has 2 aromatic carbocycles. The van der Waals surface area contributed by atoms with Crippen LogP contribution in [0, 0.1) is 6.92 Å². The minimum absolute atomic E-state index is 0.436. The van der Waals surface area contributed by atoms with E-state index in [-0.39, 0.29) is 0 Å². The molecule has 0 bridgehead atoms. The largest absolute Gasteiger partial charge is 0.497 e. The molecule has 112 valence electrons. The molecule has 1 aromatic heterocycles. The van der Waals surface area contributed by atoms with Crippen molar-refractivity contribution in [3.05, 3.63) is 59.3 Å². The summed E-state index contributed by atoms with van der Waals surface area (Å²) in [4.78, 5) is 14.6. The molecule has 0 radical (unpaired) electrons. The Morgan fingerprint density at radius 2 is 1.95 bits per heavy atom. The smallest absolute Gasteiger partial charge is 0.152 e. The van der Waals surface area contributed by atoms with Crippen LogP contribution in [0.5, 0.6) is 11.5 Å². The molecule has 1 heterocycles. The van der Waals surface area contributed by atoms with Gasteiger partial charge in [0.25, 0.3) is 0 Å². The van der Waals surface area contributed by atoms with Gasteiger partial charge in [0, 0.05) is 23.4 Å². The van der Waals surface area contributed by atoms with E-state index in [0.717, 1.165) is 28.4 Å². The Hall–Kier alpha value is -2.75. The number of hydrogen-bond donors (Lipinski definition) is 1. The maximum absolute atomic E-state index is 11.4. The second kappa shape index (κ2) is 5.93. The lowest BCUT2D eigenvalue weighted by Crippen LogP contribution is -1.97. The third kappa shape index (κ3) is 2.55. The molecule has 0 atom stereocenters. The van der Waals surface area contributed by atoms with Gasteiger partial charge in [0.1, 0.15) is 18.1 Å². The molecule has 4 nitrogen and oxygen atoms in total. The zero-order chi connectivity index (χ0) is 15.5. The minimum Gasteiger partial charge on any atom is -0.497 e. The number of rotatable bonds is 5.